The van der Waals surface area contributed by atoms with Crippen LogP contribution in [0.15, 0.2) is 11.4 Å². The van der Waals surface area contributed by atoms with Gasteiger partial charge in [0.2, 0.25) is 0 Å². The van der Waals surface area contributed by atoms with Crippen molar-refractivity contribution in [2.75, 3.05) is 0 Å². The fraction of sp³-hybridized carbons (Fsp3) is 0.583. The summed E-state index contributed by atoms with van der Waals surface area (Å²) in [5.74, 6) is -0.139. The molecule has 0 radical (unpaired) electrons. The molecule has 1 aromatic heterocycles. The third-order valence-corrected chi connectivity index (χ3v) is 3.79. The maximum absolute atomic E-state index is 11.7. The minimum Gasteiger partial charge on any atom is -0.458 e. The SMILES string of the molecule is Cc1csc(C(=O)OC2CCCCC2)c1. The van der Waals surface area contributed by atoms with E-state index in [1.54, 1.807) is 0 Å². The van der Waals surface area contributed by atoms with E-state index in [1.165, 1.54) is 30.6 Å². The Balaban J connectivity index is 1.91. The Morgan fingerprint density at radius 2 is 2.13 bits per heavy atom. The zero-order chi connectivity index (χ0) is 10.7. The lowest BCUT2D eigenvalue weighted by Gasteiger charge is -2.21. The summed E-state index contributed by atoms with van der Waals surface area (Å²) in [5, 5.41) is 1.98. The van der Waals surface area contributed by atoms with E-state index in [1.807, 2.05) is 18.4 Å². The first kappa shape index (κ1) is 10.7. The molecule has 0 saturated heterocycles. The van der Waals surface area contributed by atoms with E-state index in [4.69, 9.17) is 4.74 Å². The topological polar surface area (TPSA) is 26.3 Å². The number of carbonyl (C=O) groups excluding carboxylic acids is 1. The zero-order valence-electron chi connectivity index (χ0n) is 8.99. The summed E-state index contributed by atoms with van der Waals surface area (Å²) >= 11 is 1.47. The fourth-order valence-electron chi connectivity index (χ4n) is 1.93. The molecule has 1 aromatic rings. The first-order chi connectivity index (χ1) is 7.25. The lowest BCUT2D eigenvalue weighted by molar-refractivity contribution is 0.0217. The minimum atomic E-state index is -0.139. The van der Waals surface area contributed by atoms with Crippen molar-refractivity contribution in [1.29, 1.82) is 0 Å². The van der Waals surface area contributed by atoms with Crippen molar-refractivity contribution in [2.24, 2.45) is 0 Å². The molecule has 0 spiro atoms. The molecule has 1 saturated carbocycles. The van der Waals surface area contributed by atoms with Gasteiger partial charge in [0.05, 0.1) is 0 Å². The van der Waals surface area contributed by atoms with Crippen LogP contribution in [0.25, 0.3) is 0 Å². The third kappa shape index (κ3) is 2.81. The van der Waals surface area contributed by atoms with Gasteiger partial charge < -0.3 is 4.74 Å². The van der Waals surface area contributed by atoms with Crippen LogP contribution in [0, 0.1) is 6.92 Å². The Kier molecular flexibility index (Phi) is 3.41. The first-order valence-electron chi connectivity index (χ1n) is 5.52. The Labute approximate surface area is 94.3 Å². The predicted octanol–water partition coefficient (Wildman–Crippen LogP) is 3.55. The molecular weight excluding hydrogens is 208 g/mol. The predicted molar refractivity (Wildman–Crippen MR) is 61.3 cm³/mol. The number of hydrogen-bond donors (Lipinski definition) is 0. The first-order valence-corrected chi connectivity index (χ1v) is 6.40. The molecule has 15 heavy (non-hydrogen) atoms. The van der Waals surface area contributed by atoms with Crippen molar-refractivity contribution >= 4 is 17.3 Å². The van der Waals surface area contributed by atoms with Crippen LogP contribution in [-0.2, 0) is 4.74 Å². The standard InChI is InChI=1S/C12H16O2S/c1-9-7-11(15-8-9)12(13)14-10-5-3-2-4-6-10/h7-8,10H,2-6H2,1H3. The maximum atomic E-state index is 11.7. The van der Waals surface area contributed by atoms with E-state index in [9.17, 15) is 4.79 Å². The van der Waals surface area contributed by atoms with Gasteiger partial charge in [-0.05, 0) is 49.6 Å². The Hall–Kier alpha value is -0.830. The van der Waals surface area contributed by atoms with E-state index < -0.39 is 0 Å². The zero-order valence-corrected chi connectivity index (χ0v) is 9.81. The maximum Gasteiger partial charge on any atom is 0.348 e. The molecular formula is C12H16O2S. The van der Waals surface area contributed by atoms with E-state index in [2.05, 4.69) is 0 Å². The van der Waals surface area contributed by atoms with Gasteiger partial charge in [0.25, 0.3) is 0 Å². The summed E-state index contributed by atoms with van der Waals surface area (Å²) in [5.41, 5.74) is 1.13. The fourth-order valence-corrected chi connectivity index (χ4v) is 2.71. The second kappa shape index (κ2) is 4.79. The van der Waals surface area contributed by atoms with Gasteiger partial charge in [0.1, 0.15) is 11.0 Å². The van der Waals surface area contributed by atoms with Gasteiger partial charge in [-0.3, -0.25) is 0 Å². The molecule has 3 heteroatoms. The molecule has 0 unspecified atom stereocenters. The summed E-state index contributed by atoms with van der Waals surface area (Å²) < 4.78 is 5.46. The van der Waals surface area contributed by atoms with Gasteiger partial charge in [-0.2, -0.15) is 0 Å². The van der Waals surface area contributed by atoms with Crippen LogP contribution in [0.2, 0.25) is 0 Å². The molecule has 0 aromatic carbocycles. The van der Waals surface area contributed by atoms with Crippen molar-refractivity contribution in [2.45, 2.75) is 45.1 Å². The monoisotopic (exact) mass is 224 g/mol. The lowest BCUT2D eigenvalue weighted by Crippen LogP contribution is -2.20. The van der Waals surface area contributed by atoms with Crippen molar-refractivity contribution in [3.63, 3.8) is 0 Å². The van der Waals surface area contributed by atoms with Gasteiger partial charge in [0.15, 0.2) is 0 Å². The van der Waals surface area contributed by atoms with Crippen LogP contribution in [-0.4, -0.2) is 12.1 Å². The number of rotatable bonds is 2. The Morgan fingerprint density at radius 3 is 2.73 bits per heavy atom. The highest BCUT2D eigenvalue weighted by molar-refractivity contribution is 7.12. The number of ether oxygens (including phenoxy) is 1. The summed E-state index contributed by atoms with van der Waals surface area (Å²) in [6.07, 6.45) is 5.91. The van der Waals surface area contributed by atoms with Gasteiger partial charge in [0, 0.05) is 0 Å². The molecule has 1 heterocycles. The van der Waals surface area contributed by atoms with E-state index in [0.717, 1.165) is 23.3 Å². The molecule has 82 valence electrons. The minimum absolute atomic E-state index is 0.139. The van der Waals surface area contributed by atoms with E-state index in [0.29, 0.717) is 0 Å². The quantitative estimate of drug-likeness (QED) is 0.718. The molecule has 0 aliphatic heterocycles. The Bertz CT molecular complexity index is 337. The van der Waals surface area contributed by atoms with Crippen LogP contribution in [0.4, 0.5) is 0 Å². The molecule has 2 nitrogen and oxygen atoms in total. The molecule has 1 aliphatic carbocycles. The number of hydrogen-bond acceptors (Lipinski definition) is 3. The largest absolute Gasteiger partial charge is 0.458 e. The van der Waals surface area contributed by atoms with Crippen LogP contribution >= 0.6 is 11.3 Å². The average Bonchev–Trinajstić information content (AvgIpc) is 2.66. The van der Waals surface area contributed by atoms with E-state index in [-0.39, 0.29) is 12.1 Å². The highest BCUT2D eigenvalue weighted by atomic mass is 32.1. The highest BCUT2D eigenvalue weighted by Gasteiger charge is 2.19. The summed E-state index contributed by atoms with van der Waals surface area (Å²) in [6, 6.07) is 1.90. The average molecular weight is 224 g/mol. The second-order valence-corrected chi connectivity index (χ2v) is 5.06. The molecule has 2 rings (SSSR count). The van der Waals surface area contributed by atoms with Crippen molar-refractivity contribution in [3.8, 4) is 0 Å². The number of thiophene rings is 1. The Morgan fingerprint density at radius 1 is 1.40 bits per heavy atom. The van der Waals surface area contributed by atoms with Gasteiger partial charge in [-0.15, -0.1) is 11.3 Å². The number of carbonyl (C=O) groups is 1. The summed E-state index contributed by atoms with van der Waals surface area (Å²) in [7, 11) is 0. The summed E-state index contributed by atoms with van der Waals surface area (Å²) in [6.45, 7) is 1.99. The number of esters is 1. The van der Waals surface area contributed by atoms with Gasteiger partial charge >= 0.3 is 5.97 Å². The van der Waals surface area contributed by atoms with E-state index >= 15 is 0 Å². The molecule has 0 atom stereocenters. The molecule has 0 amide bonds. The molecule has 0 bridgehead atoms. The molecule has 0 N–H and O–H groups in total. The molecule has 1 aliphatic rings. The smallest absolute Gasteiger partial charge is 0.348 e. The van der Waals surface area contributed by atoms with Gasteiger partial charge in [-0.1, -0.05) is 6.42 Å². The lowest BCUT2D eigenvalue weighted by atomic mass is 9.98. The van der Waals surface area contributed by atoms with Crippen LogP contribution in [0.1, 0.15) is 47.3 Å². The van der Waals surface area contributed by atoms with Crippen LogP contribution in [0.5, 0.6) is 0 Å². The summed E-state index contributed by atoms with van der Waals surface area (Å²) in [4.78, 5) is 12.4. The van der Waals surface area contributed by atoms with Crippen molar-refractivity contribution < 1.29 is 9.53 Å². The van der Waals surface area contributed by atoms with Gasteiger partial charge in [-0.25, -0.2) is 4.79 Å². The highest BCUT2D eigenvalue weighted by Crippen LogP contribution is 2.23. The second-order valence-electron chi connectivity index (χ2n) is 4.15. The third-order valence-electron chi connectivity index (χ3n) is 2.76. The van der Waals surface area contributed by atoms with Crippen LogP contribution < -0.4 is 0 Å². The van der Waals surface area contributed by atoms with Crippen LogP contribution in [0.3, 0.4) is 0 Å². The van der Waals surface area contributed by atoms with Crippen molar-refractivity contribution in [3.05, 3.63) is 21.9 Å². The number of aryl methyl sites for hydroxylation is 1. The van der Waals surface area contributed by atoms with Crippen molar-refractivity contribution in [1.82, 2.24) is 0 Å². The normalized spacial score (nSPS) is 17.7. The molecule has 1 fully saturated rings.